The zero-order valence-corrected chi connectivity index (χ0v) is 14.5. The highest BCUT2D eigenvalue weighted by Gasteiger charge is 2.20. The molecule has 2 heterocycles. The van der Waals surface area contributed by atoms with Crippen LogP contribution in [0.3, 0.4) is 0 Å². The Labute approximate surface area is 150 Å². The lowest BCUT2D eigenvalue weighted by molar-refractivity contribution is 0.129. The minimum absolute atomic E-state index is 0.262. The Bertz CT molecular complexity index is 830. The van der Waals surface area contributed by atoms with Gasteiger partial charge in [-0.15, -0.1) is 10.2 Å². The third-order valence-electron chi connectivity index (χ3n) is 4.17. The Morgan fingerprint density at radius 2 is 1.88 bits per heavy atom. The van der Waals surface area contributed by atoms with Crippen LogP contribution in [0.2, 0.25) is 0 Å². The van der Waals surface area contributed by atoms with E-state index in [9.17, 15) is 4.39 Å². The maximum Gasteiger partial charge on any atom is 0.196 e. The summed E-state index contributed by atoms with van der Waals surface area (Å²) >= 11 is 1.65. The molecule has 0 aliphatic carbocycles. The Morgan fingerprint density at radius 1 is 1.08 bits per heavy atom. The molecular weight excluding hydrogens is 337 g/mol. The number of aromatic nitrogens is 3. The van der Waals surface area contributed by atoms with Crippen molar-refractivity contribution in [3.8, 4) is 17.1 Å². The SMILES string of the molecule is Fc1ccc(-c2nnc(SCC3CCCO3)n2-c2ccccc2)cc1. The van der Waals surface area contributed by atoms with Crippen LogP contribution in [0.25, 0.3) is 17.1 Å². The van der Waals surface area contributed by atoms with Crippen LogP contribution in [-0.2, 0) is 4.74 Å². The molecule has 0 amide bonds. The Kier molecular flexibility index (Phi) is 4.81. The molecule has 0 saturated carbocycles. The van der Waals surface area contributed by atoms with Gasteiger partial charge in [0.2, 0.25) is 0 Å². The number of nitrogens with zero attached hydrogens (tertiary/aromatic N) is 3. The first-order valence-electron chi connectivity index (χ1n) is 8.32. The molecule has 1 unspecified atom stereocenters. The van der Waals surface area contributed by atoms with Crippen molar-refractivity contribution in [3.63, 3.8) is 0 Å². The first-order valence-corrected chi connectivity index (χ1v) is 9.31. The first kappa shape index (κ1) is 16.3. The second-order valence-electron chi connectivity index (χ2n) is 5.93. The molecule has 0 N–H and O–H groups in total. The number of hydrogen-bond acceptors (Lipinski definition) is 4. The number of thioether (sulfide) groups is 1. The van der Waals surface area contributed by atoms with Crippen molar-refractivity contribution >= 4 is 11.8 Å². The van der Waals surface area contributed by atoms with E-state index in [1.54, 1.807) is 23.9 Å². The maximum absolute atomic E-state index is 13.3. The van der Waals surface area contributed by atoms with Gasteiger partial charge in [-0.2, -0.15) is 0 Å². The van der Waals surface area contributed by atoms with Crippen molar-refractivity contribution in [2.75, 3.05) is 12.4 Å². The predicted molar refractivity (Wildman–Crippen MR) is 96.5 cm³/mol. The van der Waals surface area contributed by atoms with Crippen LogP contribution in [0.4, 0.5) is 4.39 Å². The third-order valence-corrected chi connectivity index (χ3v) is 5.23. The topological polar surface area (TPSA) is 39.9 Å². The summed E-state index contributed by atoms with van der Waals surface area (Å²) in [4.78, 5) is 0. The lowest BCUT2D eigenvalue weighted by Crippen LogP contribution is -2.09. The second kappa shape index (κ2) is 7.37. The number of hydrogen-bond donors (Lipinski definition) is 0. The van der Waals surface area contributed by atoms with E-state index in [1.165, 1.54) is 12.1 Å². The van der Waals surface area contributed by atoms with Crippen LogP contribution < -0.4 is 0 Å². The van der Waals surface area contributed by atoms with Gasteiger partial charge in [0, 0.05) is 23.6 Å². The van der Waals surface area contributed by atoms with Gasteiger partial charge in [-0.05, 0) is 49.2 Å². The van der Waals surface area contributed by atoms with E-state index in [0.717, 1.165) is 41.6 Å². The highest BCUT2D eigenvalue weighted by molar-refractivity contribution is 7.99. The van der Waals surface area contributed by atoms with Gasteiger partial charge in [0.1, 0.15) is 5.82 Å². The lowest BCUT2D eigenvalue weighted by atomic mass is 10.2. The summed E-state index contributed by atoms with van der Waals surface area (Å²) in [6.07, 6.45) is 2.49. The average molecular weight is 355 g/mol. The van der Waals surface area contributed by atoms with E-state index in [1.807, 2.05) is 34.9 Å². The highest BCUT2D eigenvalue weighted by atomic mass is 32.2. The number of ether oxygens (including phenoxy) is 1. The third kappa shape index (κ3) is 3.60. The molecule has 1 aliphatic rings. The van der Waals surface area contributed by atoms with Crippen molar-refractivity contribution in [1.29, 1.82) is 0 Å². The molecule has 1 fully saturated rings. The van der Waals surface area contributed by atoms with Crippen LogP contribution in [0.5, 0.6) is 0 Å². The van der Waals surface area contributed by atoms with Crippen LogP contribution in [0.15, 0.2) is 59.8 Å². The van der Waals surface area contributed by atoms with Crippen LogP contribution in [0.1, 0.15) is 12.8 Å². The fourth-order valence-electron chi connectivity index (χ4n) is 2.90. The normalized spacial score (nSPS) is 17.1. The number of rotatable bonds is 5. The fraction of sp³-hybridized carbons (Fsp3) is 0.263. The zero-order chi connectivity index (χ0) is 17.1. The molecule has 4 nitrogen and oxygen atoms in total. The van der Waals surface area contributed by atoms with E-state index in [0.29, 0.717) is 5.82 Å². The van der Waals surface area contributed by atoms with E-state index in [4.69, 9.17) is 4.74 Å². The second-order valence-corrected chi connectivity index (χ2v) is 6.92. The fourth-order valence-corrected chi connectivity index (χ4v) is 3.92. The molecule has 1 atom stereocenters. The molecule has 2 aromatic carbocycles. The number of benzene rings is 2. The minimum Gasteiger partial charge on any atom is -0.377 e. The van der Waals surface area contributed by atoms with E-state index < -0.39 is 0 Å². The van der Waals surface area contributed by atoms with E-state index >= 15 is 0 Å². The predicted octanol–water partition coefficient (Wildman–Crippen LogP) is 4.34. The van der Waals surface area contributed by atoms with Crippen LogP contribution in [-0.4, -0.2) is 33.2 Å². The largest absolute Gasteiger partial charge is 0.377 e. The van der Waals surface area contributed by atoms with Crippen LogP contribution in [0, 0.1) is 5.82 Å². The van der Waals surface area contributed by atoms with Gasteiger partial charge in [-0.1, -0.05) is 30.0 Å². The highest BCUT2D eigenvalue weighted by Crippen LogP contribution is 2.29. The molecule has 25 heavy (non-hydrogen) atoms. The molecule has 3 aromatic rings. The van der Waals surface area contributed by atoms with Crippen molar-refractivity contribution in [3.05, 3.63) is 60.4 Å². The standard InChI is InChI=1S/C19H18FN3OS/c20-15-10-8-14(9-11-15)18-21-22-19(25-13-17-7-4-12-24-17)23(18)16-5-2-1-3-6-16/h1-3,5-6,8-11,17H,4,7,12-13H2. The van der Waals surface area contributed by atoms with Gasteiger partial charge < -0.3 is 4.74 Å². The summed E-state index contributed by atoms with van der Waals surface area (Å²) in [5.41, 5.74) is 1.82. The molecule has 0 bridgehead atoms. The zero-order valence-electron chi connectivity index (χ0n) is 13.6. The summed E-state index contributed by atoms with van der Waals surface area (Å²) in [5.74, 6) is 1.30. The first-order chi connectivity index (χ1) is 12.3. The van der Waals surface area contributed by atoms with Crippen molar-refractivity contribution in [2.24, 2.45) is 0 Å². The summed E-state index contributed by atoms with van der Waals surface area (Å²) in [7, 11) is 0. The van der Waals surface area contributed by atoms with Gasteiger partial charge in [-0.25, -0.2) is 4.39 Å². The summed E-state index contributed by atoms with van der Waals surface area (Å²) in [6.45, 7) is 0.845. The molecule has 6 heteroatoms. The number of halogens is 1. The van der Waals surface area contributed by atoms with Crippen LogP contribution >= 0.6 is 11.8 Å². The number of para-hydroxylation sites is 1. The molecular formula is C19H18FN3OS. The van der Waals surface area contributed by atoms with Gasteiger partial charge in [0.05, 0.1) is 6.10 Å². The monoisotopic (exact) mass is 355 g/mol. The Morgan fingerprint density at radius 3 is 2.60 bits per heavy atom. The summed E-state index contributed by atoms with van der Waals surface area (Å²) in [5, 5.41) is 9.57. The smallest absolute Gasteiger partial charge is 0.196 e. The average Bonchev–Trinajstić information content (AvgIpc) is 3.31. The molecule has 1 aromatic heterocycles. The van der Waals surface area contributed by atoms with Crippen molar-refractivity contribution in [2.45, 2.75) is 24.1 Å². The Balaban J connectivity index is 1.70. The maximum atomic E-state index is 13.3. The Hall–Kier alpha value is -2.18. The van der Waals surface area contributed by atoms with E-state index in [2.05, 4.69) is 10.2 Å². The van der Waals surface area contributed by atoms with Gasteiger partial charge >= 0.3 is 0 Å². The lowest BCUT2D eigenvalue weighted by Gasteiger charge is -2.12. The molecule has 0 radical (unpaired) electrons. The van der Waals surface area contributed by atoms with Gasteiger partial charge in [-0.3, -0.25) is 4.57 Å². The molecule has 1 saturated heterocycles. The minimum atomic E-state index is -0.262. The molecule has 128 valence electrons. The van der Waals surface area contributed by atoms with E-state index in [-0.39, 0.29) is 11.9 Å². The van der Waals surface area contributed by atoms with Crippen molar-refractivity contribution in [1.82, 2.24) is 14.8 Å². The van der Waals surface area contributed by atoms with Gasteiger partial charge in [0.15, 0.2) is 11.0 Å². The van der Waals surface area contributed by atoms with Gasteiger partial charge in [0.25, 0.3) is 0 Å². The molecule has 4 rings (SSSR count). The molecule has 1 aliphatic heterocycles. The quantitative estimate of drug-likeness (QED) is 0.638. The van der Waals surface area contributed by atoms with Crippen molar-refractivity contribution < 1.29 is 9.13 Å². The molecule has 0 spiro atoms. The summed E-state index contributed by atoms with van der Waals surface area (Å²) < 4.78 is 21.0. The summed E-state index contributed by atoms with van der Waals surface area (Å²) in [6, 6.07) is 16.3.